The summed E-state index contributed by atoms with van der Waals surface area (Å²) in [7, 11) is 2.30. The lowest BCUT2D eigenvalue weighted by molar-refractivity contribution is 0.222. The van der Waals surface area contributed by atoms with Crippen molar-refractivity contribution in [1.29, 1.82) is 0 Å². The first-order chi connectivity index (χ1) is 12.6. The zero-order chi connectivity index (χ0) is 17.8. The van der Waals surface area contributed by atoms with E-state index in [1.165, 1.54) is 41.3 Å². The second-order valence-corrected chi connectivity index (χ2v) is 8.40. The SMILES string of the molecule is Cc1ccccc1CCn1c2c(c3cc(Cl)ccc31)C1CCC(C2)N1C. The third-order valence-corrected chi connectivity index (χ3v) is 6.88. The first kappa shape index (κ1) is 16.4. The Bertz CT molecular complexity index is 987. The fraction of sp³-hybridized carbons (Fsp3) is 0.391. The van der Waals surface area contributed by atoms with Crippen LogP contribution in [-0.4, -0.2) is 22.6 Å². The average molecular weight is 365 g/mol. The van der Waals surface area contributed by atoms with Crippen molar-refractivity contribution in [2.75, 3.05) is 7.05 Å². The van der Waals surface area contributed by atoms with E-state index in [4.69, 9.17) is 11.6 Å². The summed E-state index contributed by atoms with van der Waals surface area (Å²) in [5.74, 6) is 0. The Balaban J connectivity index is 1.62. The highest BCUT2D eigenvalue weighted by Crippen LogP contribution is 2.47. The highest BCUT2D eigenvalue weighted by molar-refractivity contribution is 6.31. The van der Waals surface area contributed by atoms with Gasteiger partial charge in [0.1, 0.15) is 0 Å². The quantitative estimate of drug-likeness (QED) is 0.592. The van der Waals surface area contributed by atoms with Crippen LogP contribution in [0.15, 0.2) is 42.5 Å². The molecule has 5 rings (SSSR count). The van der Waals surface area contributed by atoms with Crippen LogP contribution in [0.25, 0.3) is 10.9 Å². The van der Waals surface area contributed by atoms with Gasteiger partial charge in [-0.15, -0.1) is 0 Å². The molecule has 2 aliphatic heterocycles. The molecule has 3 heterocycles. The van der Waals surface area contributed by atoms with Crippen molar-refractivity contribution in [2.24, 2.45) is 0 Å². The summed E-state index contributed by atoms with van der Waals surface area (Å²) in [6.07, 6.45) is 4.84. The minimum absolute atomic E-state index is 0.560. The van der Waals surface area contributed by atoms with Gasteiger partial charge >= 0.3 is 0 Å². The summed E-state index contributed by atoms with van der Waals surface area (Å²) in [6.45, 7) is 3.26. The molecule has 0 N–H and O–H groups in total. The number of hydrogen-bond acceptors (Lipinski definition) is 1. The minimum Gasteiger partial charge on any atom is -0.344 e. The molecule has 2 bridgehead atoms. The molecular formula is C23H25ClN2. The van der Waals surface area contributed by atoms with E-state index in [-0.39, 0.29) is 0 Å². The molecule has 1 saturated heterocycles. The minimum atomic E-state index is 0.560. The molecule has 2 atom stereocenters. The molecule has 3 aromatic rings. The standard InChI is InChI=1S/C23H25ClN2/c1-15-5-3-4-6-16(15)11-12-26-20-9-7-17(24)13-19(20)23-21-10-8-18(25(21)2)14-22(23)26/h3-7,9,13,18,21H,8,10-12,14H2,1-2H3. The summed E-state index contributed by atoms with van der Waals surface area (Å²) < 4.78 is 2.59. The third-order valence-electron chi connectivity index (χ3n) is 6.65. The lowest BCUT2D eigenvalue weighted by Gasteiger charge is -2.32. The largest absolute Gasteiger partial charge is 0.344 e. The topological polar surface area (TPSA) is 8.17 Å². The average Bonchev–Trinajstić information content (AvgIpc) is 3.04. The van der Waals surface area contributed by atoms with Gasteiger partial charge in [0.25, 0.3) is 0 Å². The van der Waals surface area contributed by atoms with Crippen molar-refractivity contribution in [3.05, 3.63) is 69.9 Å². The summed E-state index contributed by atoms with van der Waals surface area (Å²) >= 11 is 6.38. The molecule has 0 aliphatic carbocycles. The molecular weight excluding hydrogens is 340 g/mol. The smallest absolute Gasteiger partial charge is 0.0487 e. The highest BCUT2D eigenvalue weighted by atomic mass is 35.5. The van der Waals surface area contributed by atoms with Gasteiger partial charge in [0.2, 0.25) is 0 Å². The van der Waals surface area contributed by atoms with E-state index < -0.39 is 0 Å². The zero-order valence-corrected chi connectivity index (χ0v) is 16.3. The predicted molar refractivity (Wildman–Crippen MR) is 109 cm³/mol. The van der Waals surface area contributed by atoms with Crippen LogP contribution in [0.5, 0.6) is 0 Å². The summed E-state index contributed by atoms with van der Waals surface area (Å²) in [5, 5.41) is 2.22. The van der Waals surface area contributed by atoms with Crippen molar-refractivity contribution in [3.63, 3.8) is 0 Å². The van der Waals surface area contributed by atoms with Crippen LogP contribution in [0, 0.1) is 6.92 Å². The van der Waals surface area contributed by atoms with Gasteiger partial charge in [-0.25, -0.2) is 0 Å². The lowest BCUT2D eigenvalue weighted by Crippen LogP contribution is -2.34. The first-order valence-electron chi connectivity index (χ1n) is 9.70. The van der Waals surface area contributed by atoms with Gasteiger partial charge < -0.3 is 4.57 Å². The summed E-state index contributed by atoms with van der Waals surface area (Å²) in [5.41, 5.74) is 7.30. The van der Waals surface area contributed by atoms with Gasteiger partial charge in [-0.3, -0.25) is 4.90 Å². The van der Waals surface area contributed by atoms with Crippen LogP contribution in [0.2, 0.25) is 5.02 Å². The van der Waals surface area contributed by atoms with Crippen molar-refractivity contribution in [3.8, 4) is 0 Å². The maximum Gasteiger partial charge on any atom is 0.0487 e. The van der Waals surface area contributed by atoms with Crippen molar-refractivity contribution < 1.29 is 0 Å². The molecule has 2 aliphatic rings. The van der Waals surface area contributed by atoms with E-state index in [2.05, 4.69) is 59.8 Å². The van der Waals surface area contributed by atoms with Crippen LogP contribution in [-0.2, 0) is 19.4 Å². The van der Waals surface area contributed by atoms with E-state index in [9.17, 15) is 0 Å². The van der Waals surface area contributed by atoms with Crippen LogP contribution >= 0.6 is 11.6 Å². The molecule has 2 aromatic carbocycles. The van der Waals surface area contributed by atoms with Gasteiger partial charge in [-0.2, -0.15) is 0 Å². The molecule has 2 unspecified atom stereocenters. The van der Waals surface area contributed by atoms with E-state index in [0.29, 0.717) is 12.1 Å². The van der Waals surface area contributed by atoms with Crippen molar-refractivity contribution in [1.82, 2.24) is 9.47 Å². The van der Waals surface area contributed by atoms with E-state index in [0.717, 1.165) is 18.0 Å². The highest BCUT2D eigenvalue weighted by Gasteiger charge is 2.40. The Morgan fingerprint density at radius 2 is 1.96 bits per heavy atom. The Morgan fingerprint density at radius 1 is 1.12 bits per heavy atom. The zero-order valence-electron chi connectivity index (χ0n) is 15.5. The fourth-order valence-corrected chi connectivity index (χ4v) is 5.38. The van der Waals surface area contributed by atoms with Crippen LogP contribution < -0.4 is 0 Å². The summed E-state index contributed by atoms with van der Waals surface area (Å²) in [4.78, 5) is 2.59. The van der Waals surface area contributed by atoms with Crippen molar-refractivity contribution >= 4 is 22.5 Å². The number of nitrogens with zero attached hydrogens (tertiary/aromatic N) is 2. The molecule has 0 spiro atoms. The lowest BCUT2D eigenvalue weighted by atomic mass is 9.97. The van der Waals surface area contributed by atoms with Crippen LogP contribution in [0.1, 0.15) is 41.3 Å². The fourth-order valence-electron chi connectivity index (χ4n) is 5.21. The molecule has 134 valence electrons. The maximum atomic E-state index is 6.38. The van der Waals surface area contributed by atoms with Gasteiger partial charge in [0, 0.05) is 46.7 Å². The van der Waals surface area contributed by atoms with Crippen molar-refractivity contribution in [2.45, 2.75) is 51.2 Å². The number of rotatable bonds is 3. The number of benzene rings is 2. The normalized spacial score (nSPS) is 22.1. The van der Waals surface area contributed by atoms with Crippen LogP contribution in [0.4, 0.5) is 0 Å². The van der Waals surface area contributed by atoms with Gasteiger partial charge in [-0.05, 0) is 68.1 Å². The molecule has 1 fully saturated rings. The molecule has 26 heavy (non-hydrogen) atoms. The van der Waals surface area contributed by atoms with Gasteiger partial charge in [0.15, 0.2) is 0 Å². The Hall–Kier alpha value is -1.77. The van der Waals surface area contributed by atoms with Crippen LogP contribution in [0.3, 0.4) is 0 Å². The second kappa shape index (κ2) is 6.14. The van der Waals surface area contributed by atoms with Gasteiger partial charge in [0.05, 0.1) is 0 Å². The van der Waals surface area contributed by atoms with E-state index in [1.807, 2.05) is 6.07 Å². The van der Waals surface area contributed by atoms with E-state index >= 15 is 0 Å². The maximum absolute atomic E-state index is 6.38. The molecule has 0 amide bonds. The Morgan fingerprint density at radius 3 is 2.81 bits per heavy atom. The number of fused-ring (bicyclic) bond motifs is 6. The number of hydrogen-bond donors (Lipinski definition) is 0. The summed E-state index contributed by atoms with van der Waals surface area (Å²) in [6, 6.07) is 16.5. The number of aryl methyl sites for hydroxylation is 3. The second-order valence-electron chi connectivity index (χ2n) is 7.97. The number of halogens is 1. The predicted octanol–water partition coefficient (Wildman–Crippen LogP) is 5.54. The Labute approximate surface area is 160 Å². The molecule has 2 nitrogen and oxygen atoms in total. The first-order valence-corrected chi connectivity index (χ1v) is 10.1. The third kappa shape index (κ3) is 2.43. The van der Waals surface area contributed by atoms with E-state index in [1.54, 1.807) is 11.3 Å². The van der Waals surface area contributed by atoms with Gasteiger partial charge in [-0.1, -0.05) is 35.9 Å². The molecule has 0 saturated carbocycles. The molecule has 0 radical (unpaired) electrons. The Kier molecular flexibility index (Phi) is 3.88. The monoisotopic (exact) mass is 364 g/mol. The number of aromatic nitrogens is 1. The molecule has 1 aromatic heterocycles. The molecule has 3 heteroatoms. The number of likely N-dealkylation sites (N-methyl/N-ethyl adjacent to an activating group) is 1.